The second-order valence-electron chi connectivity index (χ2n) is 11.9. The molecule has 2 saturated carbocycles. The summed E-state index contributed by atoms with van der Waals surface area (Å²) in [7, 11) is 2.27. The first-order valence-corrected chi connectivity index (χ1v) is 13.7. The van der Waals surface area contributed by atoms with Crippen LogP contribution in [0.25, 0.3) is 22.4 Å². The minimum atomic E-state index is 0.694. The lowest BCUT2D eigenvalue weighted by Crippen LogP contribution is -2.34. The van der Waals surface area contributed by atoms with E-state index in [0.717, 1.165) is 12.3 Å². The van der Waals surface area contributed by atoms with Gasteiger partial charge in [-0.3, -0.25) is 0 Å². The van der Waals surface area contributed by atoms with E-state index in [1.54, 1.807) is 5.56 Å². The van der Waals surface area contributed by atoms with Crippen molar-refractivity contribution in [2.75, 3.05) is 0 Å². The van der Waals surface area contributed by atoms with Crippen LogP contribution in [0.15, 0.2) is 42.6 Å². The van der Waals surface area contributed by atoms with Gasteiger partial charge in [-0.25, -0.2) is 4.57 Å². The number of nitrogens with zero attached hydrogens (tertiary/aromatic N) is 1. The summed E-state index contributed by atoms with van der Waals surface area (Å²) in [5.74, 6) is 0.739. The van der Waals surface area contributed by atoms with Crippen molar-refractivity contribution >= 4 is 0 Å². The Balaban J connectivity index is 1.34. The van der Waals surface area contributed by atoms with Gasteiger partial charge in [-0.05, 0) is 110 Å². The van der Waals surface area contributed by atoms with Crippen LogP contribution in [0, 0.1) is 26.2 Å². The average molecular weight is 451 g/mol. The highest BCUT2D eigenvalue weighted by Crippen LogP contribution is 2.51. The van der Waals surface area contributed by atoms with Gasteiger partial charge in [0.1, 0.15) is 7.05 Å². The van der Waals surface area contributed by atoms with E-state index in [1.165, 1.54) is 108 Å². The normalized spacial score (nSPS) is 19.3. The fourth-order valence-corrected chi connectivity index (χ4v) is 7.67. The van der Waals surface area contributed by atoms with Gasteiger partial charge in [-0.1, -0.05) is 55.2 Å². The molecule has 0 aliphatic heterocycles. The van der Waals surface area contributed by atoms with Gasteiger partial charge in [-0.2, -0.15) is 0 Å². The molecule has 0 atom stereocenters. The number of hydrogen-bond acceptors (Lipinski definition) is 0. The molecule has 3 aromatic rings. The Morgan fingerprint density at radius 3 is 2.29 bits per heavy atom. The van der Waals surface area contributed by atoms with Crippen LogP contribution in [0.4, 0.5) is 0 Å². The molecule has 0 radical (unpaired) electrons. The highest BCUT2D eigenvalue weighted by atomic mass is 14.9. The van der Waals surface area contributed by atoms with E-state index < -0.39 is 0 Å². The van der Waals surface area contributed by atoms with Crippen molar-refractivity contribution in [3.05, 3.63) is 76.0 Å². The van der Waals surface area contributed by atoms with Gasteiger partial charge < -0.3 is 0 Å². The topological polar surface area (TPSA) is 3.88 Å². The van der Waals surface area contributed by atoms with Crippen molar-refractivity contribution in [1.29, 1.82) is 0 Å². The van der Waals surface area contributed by atoms with Crippen LogP contribution in [0.2, 0.25) is 0 Å². The first-order chi connectivity index (χ1) is 16.4. The lowest BCUT2D eigenvalue weighted by Gasteiger charge is -2.43. The summed E-state index contributed by atoms with van der Waals surface area (Å²) in [4.78, 5) is 0. The summed E-state index contributed by atoms with van der Waals surface area (Å²) >= 11 is 0. The minimum Gasteiger partial charge on any atom is -0.201 e. The van der Waals surface area contributed by atoms with E-state index in [-0.39, 0.29) is 0 Å². The van der Waals surface area contributed by atoms with Crippen LogP contribution in [-0.4, -0.2) is 0 Å². The Morgan fingerprint density at radius 2 is 1.53 bits per heavy atom. The van der Waals surface area contributed by atoms with E-state index in [0.29, 0.717) is 5.41 Å². The predicted molar refractivity (Wildman–Crippen MR) is 142 cm³/mol. The van der Waals surface area contributed by atoms with Crippen molar-refractivity contribution in [3.63, 3.8) is 0 Å². The second kappa shape index (κ2) is 8.36. The van der Waals surface area contributed by atoms with Gasteiger partial charge in [0.15, 0.2) is 6.20 Å². The minimum absolute atomic E-state index is 0.694. The SMILES string of the molecule is Cc1ccc2c(c1)Cc1c-2ccc(C)c1-c1cc(C)c(C2CCC3(CCCCC3)CC2)c[n+]1C. The summed E-state index contributed by atoms with van der Waals surface area (Å²) in [6, 6.07) is 14.1. The lowest BCUT2D eigenvalue weighted by atomic mass is 9.62. The second-order valence-corrected chi connectivity index (χ2v) is 11.9. The van der Waals surface area contributed by atoms with Crippen molar-refractivity contribution in [1.82, 2.24) is 0 Å². The number of benzene rings is 2. The van der Waals surface area contributed by atoms with Crippen LogP contribution in [0.1, 0.15) is 97.1 Å². The maximum absolute atomic E-state index is 2.50. The number of aryl methyl sites for hydroxylation is 4. The molecule has 1 heterocycles. The van der Waals surface area contributed by atoms with Gasteiger partial charge >= 0.3 is 0 Å². The molecule has 6 rings (SSSR count). The number of hydrogen-bond donors (Lipinski definition) is 0. The van der Waals surface area contributed by atoms with Crippen LogP contribution < -0.4 is 4.57 Å². The third-order valence-corrected chi connectivity index (χ3v) is 9.62. The van der Waals surface area contributed by atoms with Crippen LogP contribution >= 0.6 is 0 Å². The first-order valence-electron chi connectivity index (χ1n) is 13.7. The molecular formula is C33H40N+. The van der Waals surface area contributed by atoms with Gasteiger partial charge in [0.05, 0.1) is 5.56 Å². The third kappa shape index (κ3) is 3.63. The molecular weight excluding hydrogens is 410 g/mol. The number of aromatic nitrogens is 1. The van der Waals surface area contributed by atoms with Gasteiger partial charge in [-0.15, -0.1) is 0 Å². The van der Waals surface area contributed by atoms with Gasteiger partial charge in [0.25, 0.3) is 0 Å². The van der Waals surface area contributed by atoms with Crippen molar-refractivity contribution in [2.45, 2.75) is 90.9 Å². The highest BCUT2D eigenvalue weighted by Gasteiger charge is 2.37. The van der Waals surface area contributed by atoms with E-state index in [1.807, 2.05) is 0 Å². The molecule has 2 aromatic carbocycles. The Labute approximate surface area is 206 Å². The molecule has 2 fully saturated rings. The van der Waals surface area contributed by atoms with Crippen molar-refractivity contribution in [3.8, 4) is 22.4 Å². The average Bonchev–Trinajstić information content (AvgIpc) is 3.19. The van der Waals surface area contributed by atoms with E-state index in [4.69, 9.17) is 0 Å². The molecule has 34 heavy (non-hydrogen) atoms. The number of rotatable bonds is 2. The fourth-order valence-electron chi connectivity index (χ4n) is 7.67. The monoisotopic (exact) mass is 450 g/mol. The summed E-state index contributed by atoms with van der Waals surface area (Å²) in [6.45, 7) is 6.86. The smallest absolute Gasteiger partial charge is 0.201 e. The van der Waals surface area contributed by atoms with Gasteiger partial charge in [0.2, 0.25) is 5.69 Å². The molecule has 1 aromatic heterocycles. The van der Waals surface area contributed by atoms with E-state index in [9.17, 15) is 0 Å². The zero-order valence-corrected chi connectivity index (χ0v) is 21.6. The molecule has 1 heteroatoms. The van der Waals surface area contributed by atoms with Crippen molar-refractivity contribution < 1.29 is 4.57 Å². The summed E-state index contributed by atoms with van der Waals surface area (Å²) < 4.78 is 2.43. The standard InChI is InChI=1S/C33H40N/c1-22-8-10-27-26(18-22)20-29-28(27)11-9-23(2)32(29)31-19-24(3)30(21-34(31)4)25-12-16-33(17-13-25)14-6-5-7-15-33/h8-11,18-19,21,25H,5-7,12-17,20H2,1-4H3/q+1. The number of pyridine rings is 1. The molecule has 1 nitrogen and oxygen atoms in total. The maximum atomic E-state index is 2.50. The predicted octanol–water partition coefficient (Wildman–Crippen LogP) is 8.28. The Morgan fingerprint density at radius 1 is 0.794 bits per heavy atom. The molecule has 0 amide bonds. The first kappa shape index (κ1) is 22.1. The maximum Gasteiger partial charge on any atom is 0.213 e. The molecule has 0 N–H and O–H groups in total. The molecule has 0 saturated heterocycles. The fraction of sp³-hybridized carbons (Fsp3) is 0.485. The molecule has 3 aliphatic carbocycles. The summed E-state index contributed by atoms with van der Waals surface area (Å²) in [6.07, 6.45) is 16.6. The molecule has 3 aliphatic rings. The Hall–Kier alpha value is -2.41. The molecule has 0 unspecified atom stereocenters. The Kier molecular flexibility index (Phi) is 5.43. The largest absolute Gasteiger partial charge is 0.213 e. The zero-order chi connectivity index (χ0) is 23.4. The zero-order valence-electron chi connectivity index (χ0n) is 21.6. The van der Waals surface area contributed by atoms with Crippen LogP contribution in [0.5, 0.6) is 0 Å². The highest BCUT2D eigenvalue weighted by molar-refractivity contribution is 5.85. The molecule has 0 bridgehead atoms. The third-order valence-electron chi connectivity index (χ3n) is 9.62. The quantitative estimate of drug-likeness (QED) is 0.270. The molecule has 176 valence electrons. The van der Waals surface area contributed by atoms with E-state index in [2.05, 4.69) is 75.0 Å². The van der Waals surface area contributed by atoms with Gasteiger partial charge in [0, 0.05) is 11.6 Å². The van der Waals surface area contributed by atoms with E-state index >= 15 is 0 Å². The summed E-state index contributed by atoms with van der Waals surface area (Å²) in [5, 5.41) is 0. The van der Waals surface area contributed by atoms with Crippen molar-refractivity contribution in [2.24, 2.45) is 12.5 Å². The Bertz CT molecular complexity index is 1250. The molecule has 1 spiro atoms. The van der Waals surface area contributed by atoms with Crippen LogP contribution in [-0.2, 0) is 13.5 Å². The summed E-state index contributed by atoms with van der Waals surface area (Å²) in [5.41, 5.74) is 15.2. The lowest BCUT2D eigenvalue weighted by molar-refractivity contribution is -0.661. The van der Waals surface area contributed by atoms with Crippen LogP contribution in [0.3, 0.4) is 0 Å². The number of fused-ring (bicyclic) bond motifs is 3.